The van der Waals surface area contributed by atoms with Crippen LogP contribution in [0.3, 0.4) is 0 Å². The van der Waals surface area contributed by atoms with Gasteiger partial charge in [0.15, 0.2) is 0 Å². The Morgan fingerprint density at radius 2 is 1.79 bits per heavy atom. The summed E-state index contributed by atoms with van der Waals surface area (Å²) < 4.78 is 61.9. The molecule has 1 aliphatic heterocycles. The number of fused-ring (bicyclic) bond motifs is 1. The van der Waals surface area contributed by atoms with Crippen LogP contribution in [0.5, 0.6) is 5.75 Å². The largest absolute Gasteiger partial charge is 0.488 e. The molecule has 0 spiro atoms. The van der Waals surface area contributed by atoms with Crippen LogP contribution < -0.4 is 9.46 Å². The highest BCUT2D eigenvalue weighted by atomic mass is 32.3. The minimum absolute atomic E-state index is 0.0170. The Morgan fingerprint density at radius 1 is 1.13 bits per heavy atom. The van der Waals surface area contributed by atoms with Gasteiger partial charge in [-0.25, -0.2) is 16.8 Å². The zero-order chi connectivity index (χ0) is 27.7. The molecule has 1 aliphatic rings. The lowest BCUT2D eigenvalue weighted by atomic mass is 9.99. The van der Waals surface area contributed by atoms with Gasteiger partial charge in [0.2, 0.25) is 0 Å². The van der Waals surface area contributed by atoms with E-state index in [-0.39, 0.29) is 51.0 Å². The maximum atomic E-state index is 13.6. The summed E-state index contributed by atoms with van der Waals surface area (Å²) in [5.41, 5.74) is 0.283. The number of ether oxygens (including phenoxy) is 1. The molecule has 0 unspecified atom stereocenters. The number of aliphatic hydroxyl groups excluding tert-OH is 1. The van der Waals surface area contributed by atoms with Crippen molar-refractivity contribution in [2.75, 3.05) is 31.5 Å². The van der Waals surface area contributed by atoms with Gasteiger partial charge in [-0.2, -0.15) is 4.31 Å². The van der Waals surface area contributed by atoms with Crippen molar-refractivity contribution in [1.29, 1.82) is 0 Å². The smallest absolute Gasteiger partial charge is 0.271 e. The lowest BCUT2D eigenvalue weighted by Gasteiger charge is -2.38. The normalized spacial score (nSPS) is 19.4. The number of hydrogen-bond donors (Lipinski definition) is 2. The summed E-state index contributed by atoms with van der Waals surface area (Å²) in [6, 6.07) is 10.2. The number of amides is 1. The van der Waals surface area contributed by atoms with Crippen LogP contribution in [0.25, 0.3) is 0 Å². The van der Waals surface area contributed by atoms with Gasteiger partial charge in [-0.15, -0.1) is 22.7 Å². The van der Waals surface area contributed by atoms with Crippen LogP contribution in [0, 0.1) is 5.92 Å². The van der Waals surface area contributed by atoms with E-state index in [4.69, 9.17) is 4.74 Å². The van der Waals surface area contributed by atoms with Crippen LogP contribution in [0.4, 0.5) is 5.69 Å². The summed E-state index contributed by atoms with van der Waals surface area (Å²) in [6.45, 7) is 3.50. The molecule has 10 nitrogen and oxygen atoms in total. The first-order valence-electron chi connectivity index (χ1n) is 11.7. The number of rotatable bonds is 9. The summed E-state index contributed by atoms with van der Waals surface area (Å²) in [4.78, 5) is 15.1. The molecular weight excluding hydrogens is 571 g/mol. The molecule has 0 saturated carbocycles. The van der Waals surface area contributed by atoms with Gasteiger partial charge in [0.05, 0.1) is 24.8 Å². The molecule has 2 aromatic heterocycles. The predicted molar refractivity (Wildman–Crippen MR) is 147 cm³/mol. The summed E-state index contributed by atoms with van der Waals surface area (Å²) in [6.07, 6.45) is -0.636. The van der Waals surface area contributed by atoms with Crippen molar-refractivity contribution in [3.05, 3.63) is 58.8 Å². The number of hydrogen-bond acceptors (Lipinski definition) is 9. The van der Waals surface area contributed by atoms with Crippen molar-refractivity contribution in [3.8, 4) is 5.75 Å². The van der Waals surface area contributed by atoms with Gasteiger partial charge < -0.3 is 14.7 Å². The van der Waals surface area contributed by atoms with Crippen LogP contribution in [0.1, 0.15) is 24.2 Å². The van der Waals surface area contributed by atoms with E-state index in [1.54, 1.807) is 29.8 Å². The van der Waals surface area contributed by atoms with Crippen molar-refractivity contribution >= 4 is 54.3 Å². The van der Waals surface area contributed by atoms with Gasteiger partial charge in [-0.1, -0.05) is 19.1 Å². The van der Waals surface area contributed by atoms with Gasteiger partial charge >= 0.3 is 0 Å². The maximum absolute atomic E-state index is 13.6. The monoisotopic (exact) mass is 599 g/mol. The van der Waals surface area contributed by atoms with Crippen LogP contribution in [-0.4, -0.2) is 75.9 Å². The summed E-state index contributed by atoms with van der Waals surface area (Å²) in [5.74, 6) is -0.523. The fourth-order valence-electron chi connectivity index (χ4n) is 4.04. The Balaban J connectivity index is 1.68. The highest BCUT2D eigenvalue weighted by molar-refractivity contribution is 7.94. The van der Waals surface area contributed by atoms with Crippen molar-refractivity contribution in [3.63, 3.8) is 0 Å². The molecule has 0 bridgehead atoms. The standard InChI is InChI=1S/C24H29N3O7S4/c1-16-13-27(17(2)15-28)24(29)19-12-18(25-37(30,31)22-6-4-10-35-22)8-9-20(19)34-21(16)14-26(3)38(32,33)23-7-5-11-36-23/h4-12,16-17,21,25,28H,13-15H2,1-3H3/t16-,17-,21+/m1/s1. The number of likely N-dealkylation sites (N-methyl/N-ethyl adjacent to an activating group) is 1. The molecule has 206 valence electrons. The number of anilines is 1. The topological polar surface area (TPSA) is 133 Å². The van der Waals surface area contributed by atoms with E-state index in [9.17, 15) is 26.7 Å². The third-order valence-electron chi connectivity index (χ3n) is 6.27. The molecule has 3 aromatic rings. The molecule has 1 aromatic carbocycles. The van der Waals surface area contributed by atoms with Gasteiger partial charge in [0.1, 0.15) is 20.3 Å². The summed E-state index contributed by atoms with van der Waals surface area (Å²) in [7, 11) is -6.10. The average molecular weight is 600 g/mol. The number of carbonyl (C=O) groups excluding carboxylic acids is 1. The van der Waals surface area contributed by atoms with Crippen LogP contribution in [0.15, 0.2) is 61.6 Å². The highest BCUT2D eigenvalue weighted by Gasteiger charge is 2.35. The van der Waals surface area contributed by atoms with Crippen molar-refractivity contribution in [2.24, 2.45) is 5.92 Å². The van der Waals surface area contributed by atoms with E-state index in [0.717, 1.165) is 22.7 Å². The van der Waals surface area contributed by atoms with E-state index < -0.39 is 38.1 Å². The molecule has 3 heterocycles. The van der Waals surface area contributed by atoms with E-state index >= 15 is 0 Å². The molecule has 0 radical (unpaired) electrons. The highest BCUT2D eigenvalue weighted by Crippen LogP contribution is 2.32. The number of nitrogens with one attached hydrogen (secondary N) is 1. The number of aliphatic hydroxyl groups is 1. The molecule has 1 amide bonds. The molecule has 2 N–H and O–H groups in total. The van der Waals surface area contributed by atoms with Crippen LogP contribution in [0.2, 0.25) is 0 Å². The van der Waals surface area contributed by atoms with Crippen LogP contribution in [-0.2, 0) is 20.0 Å². The first-order valence-corrected chi connectivity index (χ1v) is 16.4. The molecular formula is C24H29N3O7S4. The number of thiophene rings is 2. The lowest BCUT2D eigenvalue weighted by Crippen LogP contribution is -2.50. The Kier molecular flexibility index (Phi) is 8.49. The molecule has 0 aliphatic carbocycles. The SMILES string of the molecule is C[C@@H]1CN([C@H](C)CO)C(=O)c2cc(NS(=O)(=O)c3cccs3)ccc2O[C@H]1CN(C)S(=O)(=O)c1cccs1. The van der Waals surface area contributed by atoms with Crippen molar-refractivity contribution < 1.29 is 31.5 Å². The van der Waals surface area contributed by atoms with Gasteiger partial charge in [-0.05, 0) is 48.0 Å². The zero-order valence-corrected chi connectivity index (χ0v) is 24.2. The molecule has 3 atom stereocenters. The minimum atomic E-state index is -3.85. The van der Waals surface area contributed by atoms with Gasteiger partial charge in [0.25, 0.3) is 26.0 Å². The third-order valence-corrected chi connectivity index (χ3v) is 12.2. The number of sulfonamides is 2. The van der Waals surface area contributed by atoms with Crippen molar-refractivity contribution in [1.82, 2.24) is 9.21 Å². The Hall–Kier alpha value is -2.49. The first kappa shape index (κ1) is 28.5. The zero-order valence-electron chi connectivity index (χ0n) is 21.0. The third kappa shape index (κ3) is 5.90. The maximum Gasteiger partial charge on any atom is 0.271 e. The Morgan fingerprint density at radius 3 is 2.39 bits per heavy atom. The minimum Gasteiger partial charge on any atom is -0.488 e. The average Bonchev–Trinajstić information content (AvgIpc) is 3.61. The molecule has 38 heavy (non-hydrogen) atoms. The quantitative estimate of drug-likeness (QED) is 0.386. The predicted octanol–water partition coefficient (Wildman–Crippen LogP) is 3.15. The van der Waals surface area contributed by atoms with E-state index in [1.807, 2.05) is 6.92 Å². The second-order valence-corrected chi connectivity index (χ2v) is 15.2. The fraction of sp³-hybridized carbons (Fsp3) is 0.375. The molecule has 4 rings (SSSR count). The van der Waals surface area contributed by atoms with Gasteiger partial charge in [0, 0.05) is 25.2 Å². The second-order valence-electron chi connectivity index (χ2n) is 9.09. The fourth-order valence-corrected chi connectivity index (χ4v) is 8.47. The summed E-state index contributed by atoms with van der Waals surface area (Å²) >= 11 is 2.19. The molecule has 0 fully saturated rings. The van der Waals surface area contributed by atoms with E-state index in [0.29, 0.717) is 0 Å². The van der Waals surface area contributed by atoms with Crippen LogP contribution >= 0.6 is 22.7 Å². The Bertz CT molecular complexity index is 1470. The summed E-state index contributed by atoms with van der Waals surface area (Å²) in [5, 5.41) is 13.2. The molecule has 14 heteroatoms. The van der Waals surface area contributed by atoms with E-state index in [2.05, 4.69) is 4.72 Å². The number of benzene rings is 1. The van der Waals surface area contributed by atoms with E-state index in [1.165, 1.54) is 46.6 Å². The lowest BCUT2D eigenvalue weighted by molar-refractivity contribution is 0.0387. The number of carbonyl (C=O) groups is 1. The Labute approximate surface area is 230 Å². The van der Waals surface area contributed by atoms with Gasteiger partial charge in [-0.3, -0.25) is 9.52 Å². The number of nitrogens with zero attached hydrogens (tertiary/aromatic N) is 2. The molecule has 0 saturated heterocycles. The second kappa shape index (κ2) is 11.3. The van der Waals surface area contributed by atoms with Crippen molar-refractivity contribution in [2.45, 2.75) is 34.4 Å². The first-order chi connectivity index (χ1) is 17.9.